The number of fused-ring (bicyclic) bond motifs is 1. The summed E-state index contributed by atoms with van der Waals surface area (Å²) in [4.78, 5) is 26.6. The van der Waals surface area contributed by atoms with Crippen LogP contribution in [0.4, 0.5) is 0 Å². The summed E-state index contributed by atoms with van der Waals surface area (Å²) in [5, 5.41) is 0. The molecular formula is C15H21NO5. The average molecular weight is 295 g/mol. The van der Waals surface area contributed by atoms with Crippen molar-refractivity contribution >= 4 is 11.9 Å². The van der Waals surface area contributed by atoms with Crippen molar-refractivity contribution < 1.29 is 23.8 Å². The zero-order valence-electron chi connectivity index (χ0n) is 12.4. The highest BCUT2D eigenvalue weighted by atomic mass is 16.6. The molecule has 0 aromatic heterocycles. The Hall–Kier alpha value is -1.40. The van der Waals surface area contributed by atoms with Crippen molar-refractivity contribution in [2.75, 3.05) is 33.4 Å². The van der Waals surface area contributed by atoms with Crippen molar-refractivity contribution in [1.82, 2.24) is 4.90 Å². The van der Waals surface area contributed by atoms with Gasteiger partial charge in [0.2, 0.25) is 5.91 Å². The van der Waals surface area contributed by atoms with Gasteiger partial charge in [-0.05, 0) is 13.3 Å². The summed E-state index contributed by atoms with van der Waals surface area (Å²) in [5.41, 5.74) is -0.633. The maximum absolute atomic E-state index is 12.6. The number of hydrogen-bond donors (Lipinski definition) is 0. The van der Waals surface area contributed by atoms with E-state index in [9.17, 15) is 9.59 Å². The molecule has 0 aromatic rings. The number of nitrogens with zero attached hydrogens (tertiary/aromatic N) is 1. The van der Waals surface area contributed by atoms with Crippen LogP contribution in [-0.2, 0) is 23.8 Å². The van der Waals surface area contributed by atoms with Crippen LogP contribution in [0, 0.1) is 11.8 Å². The topological polar surface area (TPSA) is 65.1 Å². The number of ether oxygens (including phenoxy) is 3. The Morgan fingerprint density at radius 1 is 1.57 bits per heavy atom. The summed E-state index contributed by atoms with van der Waals surface area (Å²) in [6.07, 6.45) is 4.30. The second kappa shape index (κ2) is 5.42. The summed E-state index contributed by atoms with van der Waals surface area (Å²) in [7, 11) is 1.64. The molecule has 0 saturated carbocycles. The Morgan fingerprint density at radius 2 is 2.38 bits per heavy atom. The van der Waals surface area contributed by atoms with Gasteiger partial charge in [0.1, 0.15) is 11.5 Å². The van der Waals surface area contributed by atoms with Crippen LogP contribution in [-0.4, -0.2) is 61.9 Å². The van der Waals surface area contributed by atoms with E-state index in [0.717, 1.165) is 6.42 Å². The first kappa shape index (κ1) is 14.5. The quantitative estimate of drug-likeness (QED) is 0.402. The van der Waals surface area contributed by atoms with Crippen molar-refractivity contribution in [1.29, 1.82) is 0 Å². The molecule has 3 rings (SSSR count). The molecule has 3 aliphatic heterocycles. The molecule has 2 fully saturated rings. The molecule has 0 radical (unpaired) electrons. The standard InChI is InChI=1S/C15H21NO5/c1-3-20-14(18)11-10-5-6-15(21-10)9-16(7-4-8-19-2)13(17)12(11)15/h5-6,10-12H,3-4,7-9H2,1-2H3/t10-,11+,12+,15-/m0/s1. The molecule has 4 atom stereocenters. The van der Waals surface area contributed by atoms with Gasteiger partial charge >= 0.3 is 5.97 Å². The Labute approximate surface area is 124 Å². The summed E-state index contributed by atoms with van der Waals surface area (Å²) in [6.45, 7) is 3.84. The van der Waals surface area contributed by atoms with Crippen LogP contribution in [0.2, 0.25) is 0 Å². The van der Waals surface area contributed by atoms with E-state index in [1.54, 1.807) is 18.9 Å². The lowest BCUT2D eigenvalue weighted by Crippen LogP contribution is -2.40. The second-order valence-electron chi connectivity index (χ2n) is 5.76. The molecule has 21 heavy (non-hydrogen) atoms. The first-order chi connectivity index (χ1) is 10.1. The molecule has 116 valence electrons. The van der Waals surface area contributed by atoms with Crippen LogP contribution in [0.25, 0.3) is 0 Å². The van der Waals surface area contributed by atoms with Gasteiger partial charge in [0.25, 0.3) is 0 Å². The fourth-order valence-corrected chi connectivity index (χ4v) is 3.67. The minimum absolute atomic E-state index is 0.00370. The molecule has 3 aliphatic rings. The van der Waals surface area contributed by atoms with E-state index in [1.165, 1.54) is 0 Å². The first-order valence-electron chi connectivity index (χ1n) is 7.44. The van der Waals surface area contributed by atoms with Crippen LogP contribution in [0.5, 0.6) is 0 Å². The minimum Gasteiger partial charge on any atom is -0.466 e. The van der Waals surface area contributed by atoms with Crippen molar-refractivity contribution in [2.24, 2.45) is 11.8 Å². The summed E-state index contributed by atoms with van der Waals surface area (Å²) in [6, 6.07) is 0. The van der Waals surface area contributed by atoms with Crippen molar-refractivity contribution in [3.8, 4) is 0 Å². The van der Waals surface area contributed by atoms with E-state index in [4.69, 9.17) is 14.2 Å². The van der Waals surface area contributed by atoms with E-state index in [0.29, 0.717) is 26.3 Å². The number of amides is 1. The largest absolute Gasteiger partial charge is 0.466 e. The Balaban J connectivity index is 1.77. The average Bonchev–Trinajstić information content (AvgIpc) is 3.08. The Kier molecular flexibility index (Phi) is 3.75. The molecule has 0 unspecified atom stereocenters. The Morgan fingerprint density at radius 3 is 3.10 bits per heavy atom. The van der Waals surface area contributed by atoms with Crippen molar-refractivity contribution in [2.45, 2.75) is 25.0 Å². The lowest BCUT2D eigenvalue weighted by molar-refractivity contribution is -0.153. The Bertz CT molecular complexity index is 477. The van der Waals surface area contributed by atoms with Gasteiger partial charge in [0.15, 0.2) is 0 Å². The molecule has 2 saturated heterocycles. The van der Waals surface area contributed by atoms with Crippen LogP contribution < -0.4 is 0 Å². The van der Waals surface area contributed by atoms with Crippen molar-refractivity contribution in [3.05, 3.63) is 12.2 Å². The van der Waals surface area contributed by atoms with Gasteiger partial charge in [-0.15, -0.1) is 0 Å². The summed E-state index contributed by atoms with van der Waals surface area (Å²) < 4.78 is 16.1. The highest BCUT2D eigenvalue weighted by molar-refractivity contribution is 5.91. The molecular weight excluding hydrogens is 274 g/mol. The molecule has 2 bridgehead atoms. The molecule has 1 amide bonds. The van der Waals surface area contributed by atoms with Crippen LogP contribution in [0.1, 0.15) is 13.3 Å². The molecule has 3 heterocycles. The summed E-state index contributed by atoms with van der Waals surface area (Å²) >= 11 is 0. The number of likely N-dealkylation sites (tertiary alicyclic amines) is 1. The highest BCUT2D eigenvalue weighted by Gasteiger charge is 2.67. The lowest BCUT2D eigenvalue weighted by Gasteiger charge is -2.22. The molecule has 0 N–H and O–H groups in total. The van der Waals surface area contributed by atoms with E-state index in [-0.39, 0.29) is 18.0 Å². The third-order valence-electron chi connectivity index (χ3n) is 4.51. The predicted molar refractivity (Wildman–Crippen MR) is 73.4 cm³/mol. The zero-order valence-corrected chi connectivity index (χ0v) is 12.4. The van der Waals surface area contributed by atoms with Gasteiger partial charge in [-0.25, -0.2) is 0 Å². The van der Waals surface area contributed by atoms with Gasteiger partial charge < -0.3 is 19.1 Å². The first-order valence-corrected chi connectivity index (χ1v) is 7.44. The smallest absolute Gasteiger partial charge is 0.312 e. The van der Waals surface area contributed by atoms with Gasteiger partial charge in [0, 0.05) is 20.3 Å². The van der Waals surface area contributed by atoms with Crippen LogP contribution in [0.3, 0.4) is 0 Å². The van der Waals surface area contributed by atoms with Crippen molar-refractivity contribution in [3.63, 3.8) is 0 Å². The maximum atomic E-state index is 12.6. The van der Waals surface area contributed by atoms with Gasteiger partial charge in [0.05, 0.1) is 25.2 Å². The monoisotopic (exact) mass is 295 g/mol. The normalized spacial score (nSPS) is 36.4. The highest BCUT2D eigenvalue weighted by Crippen LogP contribution is 2.52. The molecule has 0 aliphatic carbocycles. The second-order valence-corrected chi connectivity index (χ2v) is 5.76. The number of esters is 1. The number of carbonyl (C=O) groups is 2. The molecule has 0 aromatic carbocycles. The summed E-state index contributed by atoms with van der Waals surface area (Å²) in [5.74, 6) is -1.27. The van der Waals surface area contributed by atoms with E-state index >= 15 is 0 Å². The van der Waals surface area contributed by atoms with Gasteiger partial charge in [-0.2, -0.15) is 0 Å². The van der Waals surface area contributed by atoms with Gasteiger partial charge in [-0.1, -0.05) is 12.2 Å². The SMILES string of the molecule is CCOC(=O)[C@@H]1[C@@H]2C=C[C@@]3(CN(CCCOC)C(=O)[C@@H]13)O2. The van der Waals surface area contributed by atoms with E-state index < -0.39 is 17.4 Å². The van der Waals surface area contributed by atoms with E-state index in [1.807, 2.05) is 12.2 Å². The number of rotatable bonds is 6. The number of hydrogen-bond acceptors (Lipinski definition) is 5. The maximum Gasteiger partial charge on any atom is 0.312 e. The molecule has 6 nitrogen and oxygen atoms in total. The molecule has 1 spiro atoms. The van der Waals surface area contributed by atoms with Crippen LogP contribution >= 0.6 is 0 Å². The minimum atomic E-state index is -0.633. The number of carbonyl (C=O) groups excluding carboxylic acids is 2. The number of methoxy groups -OCH3 is 1. The zero-order chi connectivity index (χ0) is 15.0. The third kappa shape index (κ3) is 2.17. The van der Waals surface area contributed by atoms with E-state index in [2.05, 4.69) is 0 Å². The fourth-order valence-electron chi connectivity index (χ4n) is 3.67. The van der Waals surface area contributed by atoms with Gasteiger partial charge in [-0.3, -0.25) is 9.59 Å². The fraction of sp³-hybridized carbons (Fsp3) is 0.733. The lowest BCUT2D eigenvalue weighted by atomic mass is 9.77. The predicted octanol–water partition coefficient (Wildman–Crippen LogP) is 0.368. The molecule has 6 heteroatoms. The van der Waals surface area contributed by atoms with Crippen LogP contribution in [0.15, 0.2) is 12.2 Å². The third-order valence-corrected chi connectivity index (χ3v) is 4.51.